The Kier molecular flexibility index (Phi) is 4.02. The lowest BCUT2D eigenvalue weighted by molar-refractivity contribution is -0.119. The van der Waals surface area contributed by atoms with Gasteiger partial charge in [-0.3, -0.25) is 4.79 Å². The van der Waals surface area contributed by atoms with Gasteiger partial charge in [0.2, 0.25) is 0 Å². The van der Waals surface area contributed by atoms with Gasteiger partial charge in [0.05, 0.1) is 12.8 Å². The average Bonchev–Trinajstić information content (AvgIpc) is 2.80. The molecule has 118 valence electrons. The first kappa shape index (κ1) is 15.1. The monoisotopic (exact) mass is 310 g/mol. The van der Waals surface area contributed by atoms with Crippen LogP contribution >= 0.6 is 0 Å². The first-order valence-electron chi connectivity index (χ1n) is 7.44. The standard InChI is InChI=1S/C18H18N2O3/c1-13-17(21)20(15-8-10-16(23-2)11-9-15)18(22)19(13)12-14-6-4-3-5-7-14/h3-11,13H,12H2,1-2H3. The van der Waals surface area contributed by atoms with Gasteiger partial charge in [-0.05, 0) is 36.8 Å². The number of carbonyl (C=O) groups excluding carboxylic acids is 2. The van der Waals surface area contributed by atoms with Crippen molar-refractivity contribution in [3.63, 3.8) is 0 Å². The molecule has 1 heterocycles. The van der Waals surface area contributed by atoms with E-state index in [0.29, 0.717) is 18.0 Å². The van der Waals surface area contributed by atoms with Crippen LogP contribution in [0.1, 0.15) is 12.5 Å². The molecule has 0 radical (unpaired) electrons. The van der Waals surface area contributed by atoms with Crippen LogP contribution in [0.2, 0.25) is 0 Å². The van der Waals surface area contributed by atoms with Gasteiger partial charge in [-0.25, -0.2) is 9.69 Å². The van der Waals surface area contributed by atoms with E-state index in [4.69, 9.17) is 4.74 Å². The van der Waals surface area contributed by atoms with Gasteiger partial charge in [-0.15, -0.1) is 0 Å². The molecule has 0 saturated carbocycles. The van der Waals surface area contributed by atoms with Gasteiger partial charge in [0.15, 0.2) is 0 Å². The summed E-state index contributed by atoms with van der Waals surface area (Å²) in [5, 5.41) is 0. The molecule has 1 aliphatic rings. The fraction of sp³-hybridized carbons (Fsp3) is 0.222. The van der Waals surface area contributed by atoms with E-state index >= 15 is 0 Å². The third-order valence-corrected chi connectivity index (χ3v) is 4.01. The van der Waals surface area contributed by atoms with Crippen LogP contribution in [0.15, 0.2) is 54.6 Å². The summed E-state index contributed by atoms with van der Waals surface area (Å²) in [6.45, 7) is 2.17. The maximum atomic E-state index is 12.7. The maximum absolute atomic E-state index is 12.7. The fourth-order valence-corrected chi connectivity index (χ4v) is 2.66. The number of urea groups is 1. The number of amides is 3. The van der Waals surface area contributed by atoms with Gasteiger partial charge in [0.25, 0.3) is 5.91 Å². The van der Waals surface area contributed by atoms with Crippen molar-refractivity contribution in [3.05, 3.63) is 60.2 Å². The zero-order valence-electron chi connectivity index (χ0n) is 13.1. The van der Waals surface area contributed by atoms with Crippen LogP contribution in [-0.2, 0) is 11.3 Å². The molecule has 2 aromatic carbocycles. The molecule has 1 saturated heterocycles. The van der Waals surface area contributed by atoms with E-state index < -0.39 is 6.04 Å². The minimum absolute atomic E-state index is 0.212. The molecular formula is C18H18N2O3. The molecule has 0 aliphatic carbocycles. The minimum atomic E-state index is -0.482. The molecule has 0 bridgehead atoms. The molecule has 1 atom stereocenters. The molecule has 23 heavy (non-hydrogen) atoms. The summed E-state index contributed by atoms with van der Waals surface area (Å²) in [5.74, 6) is 0.470. The zero-order valence-corrected chi connectivity index (χ0v) is 13.1. The molecule has 5 nitrogen and oxygen atoms in total. The number of carbonyl (C=O) groups is 2. The van der Waals surface area contributed by atoms with Crippen LogP contribution < -0.4 is 9.64 Å². The summed E-state index contributed by atoms with van der Waals surface area (Å²) in [6, 6.07) is 15.8. The van der Waals surface area contributed by atoms with Gasteiger partial charge < -0.3 is 9.64 Å². The van der Waals surface area contributed by atoms with Crippen LogP contribution in [-0.4, -0.2) is 30.0 Å². The molecule has 0 N–H and O–H groups in total. The lowest BCUT2D eigenvalue weighted by atomic mass is 10.2. The lowest BCUT2D eigenvalue weighted by Crippen LogP contribution is -2.33. The van der Waals surface area contributed by atoms with Crippen LogP contribution in [0.4, 0.5) is 10.5 Å². The predicted octanol–water partition coefficient (Wildman–Crippen LogP) is 3.05. The number of rotatable bonds is 4. The molecule has 0 aromatic heterocycles. The number of ether oxygens (including phenoxy) is 1. The van der Waals surface area contributed by atoms with Crippen molar-refractivity contribution >= 4 is 17.6 Å². The van der Waals surface area contributed by atoms with Crippen molar-refractivity contribution in [2.45, 2.75) is 19.5 Å². The highest BCUT2D eigenvalue weighted by atomic mass is 16.5. The summed E-state index contributed by atoms with van der Waals surface area (Å²) in [4.78, 5) is 28.0. The quantitative estimate of drug-likeness (QED) is 0.816. The molecule has 3 amide bonds. The Morgan fingerprint density at radius 3 is 2.26 bits per heavy atom. The van der Waals surface area contributed by atoms with Gasteiger partial charge in [-0.2, -0.15) is 0 Å². The van der Waals surface area contributed by atoms with E-state index in [1.165, 1.54) is 4.90 Å². The number of benzene rings is 2. The topological polar surface area (TPSA) is 49.9 Å². The highest BCUT2D eigenvalue weighted by Crippen LogP contribution is 2.27. The Labute approximate surface area is 135 Å². The van der Waals surface area contributed by atoms with E-state index in [-0.39, 0.29) is 11.9 Å². The molecule has 1 unspecified atom stereocenters. The van der Waals surface area contributed by atoms with Crippen LogP contribution in [0, 0.1) is 0 Å². The second-order valence-corrected chi connectivity index (χ2v) is 5.44. The molecular weight excluding hydrogens is 292 g/mol. The van der Waals surface area contributed by atoms with Gasteiger partial charge in [-0.1, -0.05) is 30.3 Å². The lowest BCUT2D eigenvalue weighted by Gasteiger charge is -2.19. The molecule has 0 spiro atoms. The second kappa shape index (κ2) is 6.12. The molecule has 1 fully saturated rings. The maximum Gasteiger partial charge on any atom is 0.332 e. The highest BCUT2D eigenvalue weighted by Gasteiger charge is 2.43. The zero-order chi connectivity index (χ0) is 16.4. The Morgan fingerprint density at radius 2 is 1.65 bits per heavy atom. The first-order chi connectivity index (χ1) is 11.1. The number of methoxy groups -OCH3 is 1. The fourth-order valence-electron chi connectivity index (χ4n) is 2.66. The molecule has 3 rings (SSSR count). The van der Waals surface area contributed by atoms with E-state index in [1.807, 2.05) is 30.3 Å². The molecule has 5 heteroatoms. The second-order valence-electron chi connectivity index (χ2n) is 5.44. The Hall–Kier alpha value is -2.82. The average molecular weight is 310 g/mol. The third kappa shape index (κ3) is 2.77. The summed E-state index contributed by atoms with van der Waals surface area (Å²) >= 11 is 0. The number of imide groups is 1. The molecule has 2 aromatic rings. The SMILES string of the molecule is COc1ccc(N2C(=O)C(C)N(Cc3ccccc3)C2=O)cc1. The van der Waals surface area contributed by atoms with Crippen LogP contribution in [0.25, 0.3) is 0 Å². The van der Waals surface area contributed by atoms with Crippen molar-refractivity contribution < 1.29 is 14.3 Å². The van der Waals surface area contributed by atoms with Crippen molar-refractivity contribution in [2.75, 3.05) is 12.0 Å². The van der Waals surface area contributed by atoms with E-state index in [2.05, 4.69) is 0 Å². The van der Waals surface area contributed by atoms with Gasteiger partial charge >= 0.3 is 6.03 Å². The third-order valence-electron chi connectivity index (χ3n) is 4.01. The normalized spacial score (nSPS) is 17.7. The summed E-state index contributed by atoms with van der Waals surface area (Å²) < 4.78 is 5.11. The number of anilines is 1. The number of hydrogen-bond acceptors (Lipinski definition) is 3. The molecule has 1 aliphatic heterocycles. The van der Waals surface area contributed by atoms with Crippen molar-refractivity contribution in [1.29, 1.82) is 0 Å². The smallest absolute Gasteiger partial charge is 0.332 e. The van der Waals surface area contributed by atoms with Gasteiger partial charge in [0.1, 0.15) is 11.8 Å². The Bertz CT molecular complexity index is 713. The Morgan fingerprint density at radius 1 is 1.00 bits per heavy atom. The Balaban J connectivity index is 1.85. The van der Waals surface area contributed by atoms with Crippen molar-refractivity contribution in [1.82, 2.24) is 4.90 Å². The van der Waals surface area contributed by atoms with E-state index in [0.717, 1.165) is 5.56 Å². The van der Waals surface area contributed by atoms with Gasteiger partial charge in [0, 0.05) is 6.54 Å². The largest absolute Gasteiger partial charge is 0.497 e. The highest BCUT2D eigenvalue weighted by molar-refractivity contribution is 6.21. The van der Waals surface area contributed by atoms with E-state index in [9.17, 15) is 9.59 Å². The van der Waals surface area contributed by atoms with E-state index in [1.54, 1.807) is 43.2 Å². The number of hydrogen-bond donors (Lipinski definition) is 0. The first-order valence-corrected chi connectivity index (χ1v) is 7.44. The number of nitrogens with zero attached hydrogens (tertiary/aromatic N) is 2. The van der Waals surface area contributed by atoms with Crippen LogP contribution in [0.3, 0.4) is 0 Å². The van der Waals surface area contributed by atoms with Crippen molar-refractivity contribution in [3.8, 4) is 5.75 Å². The summed E-state index contributed by atoms with van der Waals surface area (Å²) in [6.07, 6.45) is 0. The van der Waals surface area contributed by atoms with Crippen molar-refractivity contribution in [2.24, 2.45) is 0 Å². The summed E-state index contributed by atoms with van der Waals surface area (Å²) in [5.41, 5.74) is 1.56. The van der Waals surface area contributed by atoms with Crippen LogP contribution in [0.5, 0.6) is 5.75 Å². The summed E-state index contributed by atoms with van der Waals surface area (Å²) in [7, 11) is 1.57. The predicted molar refractivity (Wildman–Crippen MR) is 87.3 cm³/mol. The minimum Gasteiger partial charge on any atom is -0.497 e.